The third-order valence-electron chi connectivity index (χ3n) is 5.22. The van der Waals surface area contributed by atoms with Gasteiger partial charge in [0.25, 0.3) is 0 Å². The molecule has 2 aromatic carbocycles. The first-order valence-corrected chi connectivity index (χ1v) is 9.39. The summed E-state index contributed by atoms with van der Waals surface area (Å²) in [4.78, 5) is 28.8. The average Bonchev–Trinajstić information content (AvgIpc) is 3.13. The van der Waals surface area contributed by atoms with Gasteiger partial charge in [-0.1, -0.05) is 18.2 Å². The van der Waals surface area contributed by atoms with E-state index in [1.54, 1.807) is 7.05 Å². The number of amides is 2. The van der Waals surface area contributed by atoms with Gasteiger partial charge < -0.3 is 19.9 Å². The fourth-order valence-electron chi connectivity index (χ4n) is 3.80. The smallest absolute Gasteiger partial charge is 0.340 e. The van der Waals surface area contributed by atoms with Gasteiger partial charge >= 0.3 is 12.0 Å². The van der Waals surface area contributed by atoms with Crippen LogP contribution in [0.25, 0.3) is 32.6 Å². The number of nitrogens with one attached hydrogen (secondary N) is 2. The highest BCUT2D eigenvalue weighted by Gasteiger charge is 2.22. The molecule has 0 aliphatic carbocycles. The molecule has 0 fully saturated rings. The van der Waals surface area contributed by atoms with Crippen molar-refractivity contribution in [3.63, 3.8) is 0 Å². The summed E-state index contributed by atoms with van der Waals surface area (Å²) in [7, 11) is 2.97. The lowest BCUT2D eigenvalue weighted by atomic mass is 9.96. The fourth-order valence-corrected chi connectivity index (χ4v) is 3.80. The number of fused-ring (bicyclic) bond motifs is 4. The van der Waals surface area contributed by atoms with E-state index in [2.05, 4.69) is 10.6 Å². The van der Waals surface area contributed by atoms with Crippen LogP contribution in [0.4, 0.5) is 4.79 Å². The van der Waals surface area contributed by atoms with Crippen LogP contribution in [0.3, 0.4) is 0 Å². The number of para-hydroxylation sites is 1. The number of rotatable bonds is 4. The van der Waals surface area contributed by atoms with Crippen LogP contribution in [0.5, 0.6) is 0 Å². The Morgan fingerprint density at radius 1 is 1.14 bits per heavy atom. The number of aromatic nitrogens is 2. The lowest BCUT2D eigenvalue weighted by molar-refractivity contribution is 0.0605. The molecule has 0 saturated carbocycles. The van der Waals surface area contributed by atoms with Crippen LogP contribution in [-0.4, -0.2) is 42.3 Å². The van der Waals surface area contributed by atoms with Gasteiger partial charge in [0.2, 0.25) is 0 Å². The summed E-state index contributed by atoms with van der Waals surface area (Å²) >= 11 is 0. The molecule has 7 nitrogen and oxygen atoms in total. The molecule has 0 atom stereocenters. The van der Waals surface area contributed by atoms with Crippen molar-refractivity contribution >= 4 is 44.6 Å². The molecule has 0 aliphatic heterocycles. The van der Waals surface area contributed by atoms with Gasteiger partial charge in [-0.2, -0.15) is 0 Å². The molecule has 4 rings (SSSR count). The van der Waals surface area contributed by atoms with E-state index in [4.69, 9.17) is 9.72 Å². The maximum atomic E-state index is 12.7. The van der Waals surface area contributed by atoms with Crippen molar-refractivity contribution in [1.82, 2.24) is 20.2 Å². The zero-order valence-corrected chi connectivity index (χ0v) is 16.6. The number of aryl methyl sites for hydroxylation is 1. The number of carbonyl (C=O) groups excluding carboxylic acids is 2. The van der Waals surface area contributed by atoms with Crippen molar-refractivity contribution in [2.75, 3.05) is 20.7 Å². The van der Waals surface area contributed by atoms with Crippen LogP contribution in [0, 0.1) is 6.92 Å². The minimum absolute atomic E-state index is 0.216. The number of nitrogens with zero attached hydrogens (tertiary/aromatic N) is 2. The molecule has 2 N–H and O–H groups in total. The number of esters is 1. The Bertz CT molecular complexity index is 1260. The summed E-state index contributed by atoms with van der Waals surface area (Å²) in [5, 5.41) is 9.06. The van der Waals surface area contributed by atoms with Crippen molar-refractivity contribution in [3.05, 3.63) is 53.9 Å². The second kappa shape index (κ2) is 7.43. The van der Waals surface area contributed by atoms with E-state index >= 15 is 0 Å². The number of hydrogen-bond acceptors (Lipinski definition) is 4. The first-order chi connectivity index (χ1) is 14.0. The molecule has 0 bridgehead atoms. The summed E-state index contributed by atoms with van der Waals surface area (Å²) in [6.45, 7) is 3.14. The van der Waals surface area contributed by atoms with Crippen molar-refractivity contribution in [3.8, 4) is 0 Å². The Hall–Kier alpha value is -3.61. The van der Waals surface area contributed by atoms with Crippen molar-refractivity contribution in [1.29, 1.82) is 0 Å². The maximum Gasteiger partial charge on any atom is 0.340 e. The molecule has 2 heterocycles. The van der Waals surface area contributed by atoms with E-state index in [-0.39, 0.29) is 6.03 Å². The van der Waals surface area contributed by atoms with Crippen LogP contribution in [0.15, 0.2) is 42.7 Å². The molecule has 4 aromatic rings. The molecule has 0 spiro atoms. The lowest BCUT2D eigenvalue weighted by Gasteiger charge is -2.14. The van der Waals surface area contributed by atoms with Crippen molar-refractivity contribution < 1.29 is 14.3 Å². The van der Waals surface area contributed by atoms with Crippen LogP contribution < -0.4 is 10.6 Å². The second-order valence-corrected chi connectivity index (χ2v) is 6.86. The molecular formula is C22H22N4O3. The SMILES string of the molecule is CNC(=O)NCCn1ccc2c(C(=O)OC)c3nc4ccccc4c3c(C)c2c1. The summed E-state index contributed by atoms with van der Waals surface area (Å²) in [5.74, 6) is -0.401. The molecule has 2 amide bonds. The Morgan fingerprint density at radius 3 is 2.69 bits per heavy atom. The quantitative estimate of drug-likeness (QED) is 0.523. The number of benzene rings is 2. The molecule has 0 saturated heterocycles. The monoisotopic (exact) mass is 390 g/mol. The number of urea groups is 1. The summed E-state index contributed by atoms with van der Waals surface area (Å²) < 4.78 is 7.08. The normalized spacial score (nSPS) is 11.1. The largest absolute Gasteiger partial charge is 0.465 e. The van der Waals surface area contributed by atoms with Crippen LogP contribution >= 0.6 is 0 Å². The summed E-state index contributed by atoms with van der Waals surface area (Å²) in [6.07, 6.45) is 3.90. The van der Waals surface area contributed by atoms with Crippen LogP contribution in [0.1, 0.15) is 15.9 Å². The zero-order chi connectivity index (χ0) is 20.5. The van der Waals surface area contributed by atoms with Gasteiger partial charge in [0.1, 0.15) is 0 Å². The third-order valence-corrected chi connectivity index (χ3v) is 5.22. The molecule has 2 aromatic heterocycles. The Kier molecular flexibility index (Phi) is 4.80. The molecule has 29 heavy (non-hydrogen) atoms. The number of hydrogen-bond donors (Lipinski definition) is 2. The van der Waals surface area contributed by atoms with E-state index in [0.717, 1.165) is 32.6 Å². The Morgan fingerprint density at radius 2 is 1.93 bits per heavy atom. The number of methoxy groups -OCH3 is 1. The average molecular weight is 390 g/mol. The number of pyridine rings is 1. The van der Waals surface area contributed by atoms with Gasteiger partial charge in [-0.25, -0.2) is 14.6 Å². The van der Waals surface area contributed by atoms with Gasteiger partial charge in [-0.05, 0) is 24.6 Å². The first kappa shape index (κ1) is 18.7. The predicted molar refractivity (Wildman–Crippen MR) is 113 cm³/mol. The van der Waals surface area contributed by atoms with Gasteiger partial charge in [-0.3, -0.25) is 0 Å². The fraction of sp³-hybridized carbons (Fsp3) is 0.227. The second-order valence-electron chi connectivity index (χ2n) is 6.86. The third kappa shape index (κ3) is 3.14. The molecule has 148 valence electrons. The summed E-state index contributed by atoms with van der Waals surface area (Å²) in [5.41, 5.74) is 3.07. The van der Waals surface area contributed by atoms with Gasteiger partial charge in [0.05, 0.1) is 23.7 Å². The van der Waals surface area contributed by atoms with E-state index in [9.17, 15) is 9.59 Å². The van der Waals surface area contributed by atoms with Crippen LogP contribution in [-0.2, 0) is 11.3 Å². The van der Waals surface area contributed by atoms with Crippen LogP contribution in [0.2, 0.25) is 0 Å². The first-order valence-electron chi connectivity index (χ1n) is 9.39. The van der Waals surface area contributed by atoms with E-state index in [0.29, 0.717) is 24.2 Å². The lowest BCUT2D eigenvalue weighted by Crippen LogP contribution is -2.34. The zero-order valence-electron chi connectivity index (χ0n) is 16.6. The van der Waals surface area contributed by atoms with Gasteiger partial charge in [0.15, 0.2) is 0 Å². The highest BCUT2D eigenvalue weighted by Crippen LogP contribution is 2.37. The topological polar surface area (TPSA) is 85.2 Å². The molecule has 0 aliphatic rings. The van der Waals surface area contributed by atoms with E-state index in [1.807, 2.05) is 54.2 Å². The minimum atomic E-state index is -0.401. The van der Waals surface area contributed by atoms with Gasteiger partial charge in [-0.15, -0.1) is 0 Å². The van der Waals surface area contributed by atoms with Gasteiger partial charge in [0, 0.05) is 54.1 Å². The maximum absolute atomic E-state index is 12.7. The van der Waals surface area contributed by atoms with E-state index < -0.39 is 5.97 Å². The molecule has 0 radical (unpaired) electrons. The molecular weight excluding hydrogens is 368 g/mol. The highest BCUT2D eigenvalue weighted by molar-refractivity contribution is 6.23. The predicted octanol–water partition coefficient (Wildman–Crippen LogP) is 3.37. The Balaban J connectivity index is 1.93. The van der Waals surface area contributed by atoms with Crippen molar-refractivity contribution in [2.45, 2.75) is 13.5 Å². The highest BCUT2D eigenvalue weighted by atomic mass is 16.5. The molecule has 0 unspecified atom stereocenters. The number of ether oxygens (including phenoxy) is 1. The Labute approximate surface area is 167 Å². The number of carbonyl (C=O) groups is 2. The summed E-state index contributed by atoms with van der Waals surface area (Å²) in [6, 6.07) is 9.58. The minimum Gasteiger partial charge on any atom is -0.465 e. The molecule has 7 heteroatoms. The standard InChI is InChI=1S/C22H22N4O3/c1-13-16-12-26(11-9-24-22(28)23-2)10-8-14(16)19(21(27)29-3)20-18(13)15-6-4-5-7-17(15)25-20/h4-8,10,12H,9,11H2,1-3H3,(H2,23,24,28). The van der Waals surface area contributed by atoms with Crippen molar-refractivity contribution in [2.24, 2.45) is 0 Å². The van der Waals surface area contributed by atoms with E-state index in [1.165, 1.54) is 7.11 Å².